The molecule has 2 atom stereocenters. The number of hydrogen-bond acceptors (Lipinski definition) is 1. The predicted molar refractivity (Wildman–Crippen MR) is 88.8 cm³/mol. The van der Waals surface area contributed by atoms with Gasteiger partial charge in [0.25, 0.3) is 0 Å². The van der Waals surface area contributed by atoms with Gasteiger partial charge < -0.3 is 4.79 Å². The lowest BCUT2D eigenvalue weighted by Gasteiger charge is -2.22. The first kappa shape index (κ1) is 15.5. The summed E-state index contributed by atoms with van der Waals surface area (Å²) < 4.78 is 0. The SMILES string of the molecule is CC(C)C[C@H]1[C@H](C(=O)[Si](C)(C)c2ccccc2)C1(C)C. The first-order valence-corrected chi connectivity index (χ1v) is 10.8. The molecule has 0 bridgehead atoms. The second kappa shape index (κ2) is 5.14. The third-order valence-electron chi connectivity index (χ3n) is 5.17. The van der Waals surface area contributed by atoms with Gasteiger partial charge in [0.05, 0.1) is 0 Å². The summed E-state index contributed by atoms with van der Waals surface area (Å²) in [5.41, 5.74) is 0.209. The number of carbonyl (C=O) groups is 1. The standard InChI is InChI=1S/C18H28OSi/c1-13(2)12-15-16(18(15,3)4)17(19)20(5,6)14-10-8-7-9-11-14/h7-11,13,15-16H,12H2,1-6H3/t15-,16+/m0/s1. The maximum Gasteiger partial charge on any atom is 0.157 e. The van der Waals surface area contributed by atoms with E-state index < -0.39 is 8.07 Å². The molecular formula is C18H28OSi. The summed E-state index contributed by atoms with van der Waals surface area (Å²) in [6.45, 7) is 13.5. The van der Waals surface area contributed by atoms with Crippen LogP contribution in [0.15, 0.2) is 30.3 Å². The fourth-order valence-corrected chi connectivity index (χ4v) is 6.26. The molecule has 1 aromatic rings. The third-order valence-corrected chi connectivity index (χ3v) is 8.49. The van der Waals surface area contributed by atoms with Crippen LogP contribution in [0.1, 0.15) is 34.1 Å². The van der Waals surface area contributed by atoms with Crippen LogP contribution in [0.25, 0.3) is 0 Å². The van der Waals surface area contributed by atoms with Crippen molar-refractivity contribution in [3.8, 4) is 0 Å². The molecule has 0 unspecified atom stereocenters. The summed E-state index contributed by atoms with van der Waals surface area (Å²) >= 11 is 0. The van der Waals surface area contributed by atoms with Crippen LogP contribution in [0.2, 0.25) is 13.1 Å². The van der Waals surface area contributed by atoms with Crippen LogP contribution >= 0.6 is 0 Å². The van der Waals surface area contributed by atoms with E-state index in [-0.39, 0.29) is 11.3 Å². The Morgan fingerprint density at radius 3 is 2.25 bits per heavy atom. The van der Waals surface area contributed by atoms with Gasteiger partial charge in [0, 0.05) is 5.92 Å². The largest absolute Gasteiger partial charge is 0.305 e. The zero-order valence-electron chi connectivity index (χ0n) is 13.7. The molecule has 0 N–H and O–H groups in total. The molecule has 2 heteroatoms. The molecule has 1 aliphatic carbocycles. The summed E-state index contributed by atoms with van der Waals surface area (Å²) in [6.07, 6.45) is 1.18. The molecular weight excluding hydrogens is 260 g/mol. The van der Waals surface area contributed by atoms with Gasteiger partial charge in [0.2, 0.25) is 0 Å². The molecule has 1 aliphatic rings. The molecule has 0 aromatic heterocycles. The average Bonchev–Trinajstić information content (AvgIpc) is 2.90. The molecule has 0 radical (unpaired) electrons. The molecule has 0 spiro atoms. The molecule has 0 saturated heterocycles. The predicted octanol–water partition coefficient (Wildman–Crippen LogP) is 4.03. The second-order valence-corrected chi connectivity index (χ2v) is 12.2. The van der Waals surface area contributed by atoms with Gasteiger partial charge in [-0.05, 0) is 23.7 Å². The molecule has 2 rings (SSSR count). The van der Waals surface area contributed by atoms with Crippen molar-refractivity contribution < 1.29 is 4.79 Å². The fraction of sp³-hybridized carbons (Fsp3) is 0.611. The molecule has 20 heavy (non-hydrogen) atoms. The van der Waals surface area contributed by atoms with E-state index in [1.54, 1.807) is 0 Å². The Bertz CT molecular complexity index is 487. The summed E-state index contributed by atoms with van der Waals surface area (Å²) in [5, 5.41) is 1.83. The summed E-state index contributed by atoms with van der Waals surface area (Å²) in [7, 11) is -2.00. The zero-order valence-corrected chi connectivity index (χ0v) is 14.7. The maximum absolute atomic E-state index is 13.1. The average molecular weight is 289 g/mol. The Morgan fingerprint density at radius 1 is 1.20 bits per heavy atom. The number of rotatable bonds is 5. The van der Waals surface area contributed by atoms with Gasteiger partial charge in [-0.1, -0.05) is 76.3 Å². The lowest BCUT2D eigenvalue weighted by molar-refractivity contribution is -0.114. The molecule has 1 fully saturated rings. The topological polar surface area (TPSA) is 17.1 Å². The van der Waals surface area contributed by atoms with E-state index in [1.807, 2.05) is 6.07 Å². The van der Waals surface area contributed by atoms with Crippen molar-refractivity contribution in [2.45, 2.75) is 47.2 Å². The van der Waals surface area contributed by atoms with Gasteiger partial charge in [-0.15, -0.1) is 0 Å². The Hall–Kier alpha value is -0.893. The van der Waals surface area contributed by atoms with E-state index in [9.17, 15) is 4.79 Å². The van der Waals surface area contributed by atoms with E-state index >= 15 is 0 Å². The van der Waals surface area contributed by atoms with E-state index in [0.717, 1.165) is 0 Å². The van der Waals surface area contributed by atoms with Crippen molar-refractivity contribution in [2.75, 3.05) is 0 Å². The van der Waals surface area contributed by atoms with Crippen LogP contribution < -0.4 is 5.19 Å². The van der Waals surface area contributed by atoms with Crippen LogP contribution in [0.5, 0.6) is 0 Å². The van der Waals surface area contributed by atoms with E-state index in [1.165, 1.54) is 11.6 Å². The Morgan fingerprint density at radius 2 is 1.75 bits per heavy atom. The van der Waals surface area contributed by atoms with Gasteiger partial charge in [-0.3, -0.25) is 0 Å². The summed E-state index contributed by atoms with van der Waals surface area (Å²) in [5.74, 6) is 1.55. The second-order valence-electron chi connectivity index (χ2n) is 7.89. The van der Waals surface area contributed by atoms with Crippen molar-refractivity contribution >= 4 is 18.7 Å². The number of carbonyl (C=O) groups excluding carboxylic acids is 1. The minimum absolute atomic E-state index is 0.209. The van der Waals surface area contributed by atoms with Gasteiger partial charge >= 0.3 is 0 Å². The molecule has 1 aromatic carbocycles. The first-order valence-electron chi connectivity index (χ1n) is 7.79. The third kappa shape index (κ3) is 2.63. The van der Waals surface area contributed by atoms with Gasteiger partial charge in [0.1, 0.15) is 5.41 Å². The monoisotopic (exact) mass is 288 g/mol. The van der Waals surface area contributed by atoms with Crippen LogP contribution in [0, 0.1) is 23.2 Å². The molecule has 0 amide bonds. The van der Waals surface area contributed by atoms with Crippen molar-refractivity contribution in [3.63, 3.8) is 0 Å². The Kier molecular flexibility index (Phi) is 3.98. The minimum Gasteiger partial charge on any atom is -0.305 e. The molecule has 1 saturated carbocycles. The highest BCUT2D eigenvalue weighted by molar-refractivity contribution is 7.13. The molecule has 1 nitrogen and oxygen atoms in total. The first-order chi connectivity index (χ1) is 9.19. The van der Waals surface area contributed by atoms with Crippen LogP contribution in [-0.4, -0.2) is 13.5 Å². The highest BCUT2D eigenvalue weighted by Crippen LogP contribution is 2.61. The normalized spacial score (nSPS) is 24.8. The van der Waals surface area contributed by atoms with Crippen molar-refractivity contribution in [1.82, 2.24) is 0 Å². The van der Waals surface area contributed by atoms with Crippen molar-refractivity contribution in [2.24, 2.45) is 23.2 Å². The Labute approximate surface area is 124 Å². The summed E-state index contributed by atoms with van der Waals surface area (Å²) in [4.78, 5) is 13.1. The highest BCUT2D eigenvalue weighted by Gasteiger charge is 2.63. The zero-order chi connectivity index (χ0) is 15.1. The van der Waals surface area contributed by atoms with E-state index in [4.69, 9.17) is 0 Å². The Balaban J connectivity index is 2.20. The van der Waals surface area contributed by atoms with Crippen molar-refractivity contribution in [3.05, 3.63) is 30.3 Å². The lowest BCUT2D eigenvalue weighted by Crippen LogP contribution is -2.51. The van der Waals surface area contributed by atoms with Gasteiger partial charge in [-0.2, -0.15) is 0 Å². The smallest absolute Gasteiger partial charge is 0.157 e. The van der Waals surface area contributed by atoms with Gasteiger partial charge in [0.15, 0.2) is 8.07 Å². The molecule has 110 valence electrons. The van der Waals surface area contributed by atoms with Crippen LogP contribution in [0.3, 0.4) is 0 Å². The fourth-order valence-electron chi connectivity index (χ4n) is 3.60. The number of hydrogen-bond donors (Lipinski definition) is 0. The minimum atomic E-state index is -2.00. The highest BCUT2D eigenvalue weighted by atomic mass is 28.3. The van der Waals surface area contributed by atoms with Crippen LogP contribution in [0.4, 0.5) is 0 Å². The summed E-state index contributed by atoms with van der Waals surface area (Å²) in [6, 6.07) is 10.4. The van der Waals surface area contributed by atoms with Gasteiger partial charge in [-0.25, -0.2) is 0 Å². The van der Waals surface area contributed by atoms with E-state index in [0.29, 0.717) is 17.2 Å². The lowest BCUT2D eigenvalue weighted by atomic mass is 10.0. The van der Waals surface area contributed by atoms with Crippen molar-refractivity contribution in [1.29, 1.82) is 0 Å². The molecule has 0 aliphatic heterocycles. The maximum atomic E-state index is 13.1. The quantitative estimate of drug-likeness (QED) is 0.748. The van der Waals surface area contributed by atoms with E-state index in [2.05, 4.69) is 65.1 Å². The van der Waals surface area contributed by atoms with Crippen LogP contribution in [-0.2, 0) is 4.79 Å². The molecule has 0 heterocycles. The number of benzene rings is 1.